The summed E-state index contributed by atoms with van der Waals surface area (Å²) in [5, 5.41) is 13.0. The summed E-state index contributed by atoms with van der Waals surface area (Å²) in [6.45, 7) is 7.73. The number of amides is 1. The Balaban J connectivity index is 1.72. The van der Waals surface area contributed by atoms with Crippen molar-refractivity contribution in [3.05, 3.63) is 42.2 Å². The predicted octanol–water partition coefficient (Wildman–Crippen LogP) is 3.33. The lowest BCUT2D eigenvalue weighted by molar-refractivity contribution is -0.120. The van der Waals surface area contributed by atoms with Gasteiger partial charge in [0.25, 0.3) is 0 Å². The van der Waals surface area contributed by atoms with Crippen molar-refractivity contribution in [2.45, 2.75) is 39.0 Å². The number of phenols is 1. The number of phenolic OH excluding ortho intramolecular Hbond substituents is 1. The van der Waals surface area contributed by atoms with Crippen LogP contribution in [0.4, 0.5) is 11.6 Å². The van der Waals surface area contributed by atoms with E-state index in [-0.39, 0.29) is 23.0 Å². The van der Waals surface area contributed by atoms with Crippen LogP contribution in [-0.2, 0) is 10.2 Å². The van der Waals surface area contributed by atoms with E-state index in [9.17, 15) is 9.90 Å². The summed E-state index contributed by atoms with van der Waals surface area (Å²) in [6.07, 6.45) is 5.14. The third kappa shape index (κ3) is 4.12. The molecule has 0 radical (unpaired) electrons. The van der Waals surface area contributed by atoms with Crippen molar-refractivity contribution in [3.8, 4) is 5.75 Å². The lowest BCUT2D eigenvalue weighted by Crippen LogP contribution is -2.41. The summed E-state index contributed by atoms with van der Waals surface area (Å²) >= 11 is 0. The van der Waals surface area contributed by atoms with E-state index in [1.54, 1.807) is 24.5 Å². The quantitative estimate of drug-likeness (QED) is 0.827. The van der Waals surface area contributed by atoms with Crippen LogP contribution in [0.2, 0.25) is 0 Å². The molecule has 1 aliphatic rings. The van der Waals surface area contributed by atoms with Gasteiger partial charge in [-0.05, 0) is 42.0 Å². The zero-order chi connectivity index (χ0) is 18.7. The first-order valence-corrected chi connectivity index (χ1v) is 9.01. The molecule has 1 atom stereocenters. The number of hydrogen-bond acceptors (Lipinski definition) is 5. The van der Waals surface area contributed by atoms with Crippen molar-refractivity contribution in [2.24, 2.45) is 5.92 Å². The molecule has 1 aliphatic heterocycles. The minimum atomic E-state index is -0.162. The second-order valence-corrected chi connectivity index (χ2v) is 7.81. The molecular formula is C20H26N4O2. The SMILES string of the molecule is CC(C)(C)c1ccc(O)c(NC(=O)C2CCCN(c3ncccn3)C2)c1. The molecule has 1 amide bonds. The van der Waals surface area contributed by atoms with Gasteiger partial charge in [0.05, 0.1) is 11.6 Å². The number of aromatic nitrogens is 2. The highest BCUT2D eigenvalue weighted by Crippen LogP contribution is 2.31. The van der Waals surface area contributed by atoms with Crippen LogP contribution in [0.15, 0.2) is 36.7 Å². The molecule has 1 aromatic carbocycles. The van der Waals surface area contributed by atoms with Crippen molar-refractivity contribution in [2.75, 3.05) is 23.3 Å². The number of hydrogen-bond donors (Lipinski definition) is 2. The van der Waals surface area contributed by atoms with Crippen LogP contribution in [0.1, 0.15) is 39.2 Å². The number of carbonyl (C=O) groups excluding carboxylic acids is 1. The van der Waals surface area contributed by atoms with E-state index in [1.165, 1.54) is 0 Å². The summed E-state index contributed by atoms with van der Waals surface area (Å²) in [7, 11) is 0. The van der Waals surface area contributed by atoms with Crippen molar-refractivity contribution in [3.63, 3.8) is 0 Å². The second-order valence-electron chi connectivity index (χ2n) is 7.81. The van der Waals surface area contributed by atoms with Crippen LogP contribution in [0.3, 0.4) is 0 Å². The molecule has 6 heteroatoms. The highest BCUT2D eigenvalue weighted by molar-refractivity contribution is 5.94. The van der Waals surface area contributed by atoms with E-state index in [2.05, 4.69) is 36.1 Å². The third-order valence-electron chi connectivity index (χ3n) is 4.75. The maximum Gasteiger partial charge on any atom is 0.229 e. The van der Waals surface area contributed by atoms with E-state index in [0.717, 1.165) is 24.9 Å². The monoisotopic (exact) mass is 354 g/mol. The van der Waals surface area contributed by atoms with Gasteiger partial charge in [-0.25, -0.2) is 9.97 Å². The highest BCUT2D eigenvalue weighted by Gasteiger charge is 2.28. The molecule has 2 aromatic rings. The van der Waals surface area contributed by atoms with Crippen LogP contribution in [0.5, 0.6) is 5.75 Å². The Hall–Kier alpha value is -2.63. The largest absolute Gasteiger partial charge is 0.506 e. The molecule has 2 heterocycles. The molecule has 1 aromatic heterocycles. The van der Waals surface area contributed by atoms with Crippen molar-refractivity contribution in [1.82, 2.24) is 9.97 Å². The Bertz CT molecular complexity index is 771. The minimum absolute atomic E-state index is 0.0561. The molecule has 1 fully saturated rings. The van der Waals surface area contributed by atoms with Crippen LogP contribution in [-0.4, -0.2) is 34.1 Å². The normalized spacial score (nSPS) is 17.8. The molecular weight excluding hydrogens is 328 g/mol. The Morgan fingerprint density at radius 2 is 2.00 bits per heavy atom. The van der Waals surface area contributed by atoms with E-state index < -0.39 is 0 Å². The lowest BCUT2D eigenvalue weighted by Gasteiger charge is -2.32. The Morgan fingerprint density at radius 1 is 1.27 bits per heavy atom. The highest BCUT2D eigenvalue weighted by atomic mass is 16.3. The summed E-state index contributed by atoms with van der Waals surface area (Å²) in [6, 6.07) is 7.16. The fraction of sp³-hybridized carbons (Fsp3) is 0.450. The summed E-state index contributed by atoms with van der Waals surface area (Å²) < 4.78 is 0. The van der Waals surface area contributed by atoms with E-state index in [4.69, 9.17) is 0 Å². The average molecular weight is 354 g/mol. The Morgan fingerprint density at radius 3 is 2.69 bits per heavy atom. The molecule has 1 unspecified atom stereocenters. The van der Waals surface area contributed by atoms with Gasteiger partial charge >= 0.3 is 0 Å². The number of aromatic hydroxyl groups is 1. The van der Waals surface area contributed by atoms with E-state index in [0.29, 0.717) is 18.2 Å². The number of rotatable bonds is 3. The minimum Gasteiger partial charge on any atom is -0.506 e. The number of anilines is 2. The summed E-state index contributed by atoms with van der Waals surface area (Å²) in [4.78, 5) is 23.4. The first kappa shape index (κ1) is 18.2. The molecule has 2 N–H and O–H groups in total. The van der Waals surface area contributed by atoms with Crippen LogP contribution < -0.4 is 10.2 Å². The van der Waals surface area contributed by atoms with Gasteiger partial charge in [0.15, 0.2) is 0 Å². The molecule has 0 bridgehead atoms. The van der Waals surface area contributed by atoms with Gasteiger partial charge in [-0.1, -0.05) is 26.8 Å². The number of nitrogens with one attached hydrogen (secondary N) is 1. The molecule has 0 aliphatic carbocycles. The van der Waals surface area contributed by atoms with Gasteiger partial charge in [-0.2, -0.15) is 0 Å². The molecule has 1 saturated heterocycles. The molecule has 0 saturated carbocycles. The molecule has 3 rings (SSSR count). The van der Waals surface area contributed by atoms with Gasteiger partial charge < -0.3 is 15.3 Å². The zero-order valence-electron chi connectivity index (χ0n) is 15.6. The van der Waals surface area contributed by atoms with E-state index >= 15 is 0 Å². The number of carbonyl (C=O) groups is 1. The molecule has 26 heavy (non-hydrogen) atoms. The van der Waals surface area contributed by atoms with Gasteiger partial charge in [-0.3, -0.25) is 4.79 Å². The molecule has 0 spiro atoms. The Labute approximate surface area is 154 Å². The lowest BCUT2D eigenvalue weighted by atomic mass is 9.86. The van der Waals surface area contributed by atoms with Crippen molar-refractivity contribution < 1.29 is 9.90 Å². The molecule has 6 nitrogen and oxygen atoms in total. The van der Waals surface area contributed by atoms with Crippen LogP contribution in [0.25, 0.3) is 0 Å². The standard InChI is InChI=1S/C20H26N4O2/c1-20(2,3)15-7-8-17(25)16(12-15)23-18(26)14-6-4-11-24(13-14)19-21-9-5-10-22-19/h5,7-10,12,14,25H,4,6,11,13H2,1-3H3,(H,23,26). The summed E-state index contributed by atoms with van der Waals surface area (Å²) in [5.74, 6) is 0.505. The smallest absolute Gasteiger partial charge is 0.229 e. The first-order valence-electron chi connectivity index (χ1n) is 9.01. The zero-order valence-corrected chi connectivity index (χ0v) is 15.6. The van der Waals surface area contributed by atoms with Crippen molar-refractivity contribution in [1.29, 1.82) is 0 Å². The number of nitrogens with zero attached hydrogens (tertiary/aromatic N) is 3. The summed E-state index contributed by atoms with van der Waals surface area (Å²) in [5.41, 5.74) is 1.48. The van der Waals surface area contributed by atoms with E-state index in [1.807, 2.05) is 17.0 Å². The maximum absolute atomic E-state index is 12.8. The Kier molecular flexibility index (Phi) is 5.11. The molecule has 138 valence electrons. The third-order valence-corrected chi connectivity index (χ3v) is 4.75. The fourth-order valence-electron chi connectivity index (χ4n) is 3.16. The first-order chi connectivity index (χ1) is 12.3. The topological polar surface area (TPSA) is 78.4 Å². The number of benzene rings is 1. The van der Waals surface area contributed by atoms with Gasteiger partial charge in [0.1, 0.15) is 5.75 Å². The average Bonchev–Trinajstić information content (AvgIpc) is 2.63. The predicted molar refractivity (Wildman–Crippen MR) is 102 cm³/mol. The maximum atomic E-state index is 12.8. The second kappa shape index (κ2) is 7.32. The van der Waals surface area contributed by atoms with Gasteiger partial charge in [0.2, 0.25) is 11.9 Å². The number of piperidine rings is 1. The fourth-order valence-corrected chi connectivity index (χ4v) is 3.16. The van der Waals surface area contributed by atoms with Gasteiger partial charge in [0, 0.05) is 25.5 Å². The van der Waals surface area contributed by atoms with Crippen LogP contribution >= 0.6 is 0 Å². The van der Waals surface area contributed by atoms with Crippen molar-refractivity contribution >= 4 is 17.5 Å². The van der Waals surface area contributed by atoms with Gasteiger partial charge in [-0.15, -0.1) is 0 Å². The van der Waals surface area contributed by atoms with Crippen LogP contribution in [0, 0.1) is 5.92 Å².